The fourth-order valence-corrected chi connectivity index (χ4v) is 3.84. The highest BCUT2D eigenvalue weighted by atomic mass is 16.5. The van der Waals surface area contributed by atoms with Crippen LogP contribution in [0.3, 0.4) is 0 Å². The molecule has 1 heterocycles. The van der Waals surface area contributed by atoms with Gasteiger partial charge in [-0.2, -0.15) is 0 Å². The van der Waals surface area contributed by atoms with E-state index in [2.05, 4.69) is 27.7 Å². The molecule has 1 rings (SSSR count). The molecule has 0 saturated carbocycles. The van der Waals surface area contributed by atoms with Gasteiger partial charge in [0.25, 0.3) is 0 Å². The van der Waals surface area contributed by atoms with E-state index in [1.54, 1.807) is 0 Å². The van der Waals surface area contributed by atoms with Gasteiger partial charge in [-0.3, -0.25) is 0 Å². The van der Waals surface area contributed by atoms with Crippen LogP contribution in [0.15, 0.2) is 11.3 Å². The first-order valence-electron chi connectivity index (χ1n) is 10.2. The molecule has 140 valence electrons. The van der Waals surface area contributed by atoms with Crippen molar-refractivity contribution in [3.8, 4) is 0 Å². The van der Waals surface area contributed by atoms with Crippen molar-refractivity contribution in [3.63, 3.8) is 0 Å². The summed E-state index contributed by atoms with van der Waals surface area (Å²) in [7, 11) is 0. The Kier molecular flexibility index (Phi) is 9.46. The highest BCUT2D eigenvalue weighted by molar-refractivity contribution is 5.79. The second kappa shape index (κ2) is 10.8. The van der Waals surface area contributed by atoms with Gasteiger partial charge < -0.3 is 9.84 Å². The Morgan fingerprint density at radius 1 is 0.958 bits per heavy atom. The van der Waals surface area contributed by atoms with Crippen LogP contribution in [0.4, 0.5) is 0 Å². The Balaban J connectivity index is 3.16. The average Bonchev–Trinajstić information content (AvgIpc) is 2.88. The van der Waals surface area contributed by atoms with Gasteiger partial charge in [-0.05, 0) is 44.1 Å². The van der Waals surface area contributed by atoms with Gasteiger partial charge in [0.15, 0.2) is 0 Å². The van der Waals surface area contributed by atoms with Gasteiger partial charge in [0.2, 0.25) is 5.60 Å². The first-order chi connectivity index (χ1) is 11.6. The van der Waals surface area contributed by atoms with Crippen LogP contribution >= 0.6 is 0 Å². The number of ether oxygens (including phenoxy) is 1. The summed E-state index contributed by atoms with van der Waals surface area (Å²) < 4.78 is 6.31. The van der Waals surface area contributed by atoms with E-state index in [9.17, 15) is 9.90 Å². The van der Waals surface area contributed by atoms with Crippen molar-refractivity contribution >= 4 is 5.97 Å². The predicted octanol–water partition coefficient (Wildman–Crippen LogP) is 6.47. The first kappa shape index (κ1) is 21.1. The highest BCUT2D eigenvalue weighted by Gasteiger charge is 2.53. The molecule has 2 unspecified atom stereocenters. The fraction of sp³-hybridized carbons (Fsp3) is 0.857. The molecule has 2 atom stereocenters. The number of carboxylic acid groups (broad SMARTS) is 1. The fourth-order valence-electron chi connectivity index (χ4n) is 3.84. The second-order valence-corrected chi connectivity index (χ2v) is 7.25. The van der Waals surface area contributed by atoms with Gasteiger partial charge in [0.05, 0.1) is 5.76 Å². The predicted molar refractivity (Wildman–Crippen MR) is 100 cm³/mol. The molecule has 1 N–H and O–H groups in total. The highest BCUT2D eigenvalue weighted by Crippen LogP contribution is 2.48. The van der Waals surface area contributed by atoms with Crippen LogP contribution in [-0.4, -0.2) is 16.7 Å². The topological polar surface area (TPSA) is 46.5 Å². The molecule has 0 amide bonds. The summed E-state index contributed by atoms with van der Waals surface area (Å²) in [6.45, 7) is 8.68. The van der Waals surface area contributed by atoms with Crippen LogP contribution < -0.4 is 0 Å². The van der Waals surface area contributed by atoms with Crippen LogP contribution in [0.2, 0.25) is 0 Å². The molecule has 0 aromatic rings. The van der Waals surface area contributed by atoms with Gasteiger partial charge >= 0.3 is 5.97 Å². The summed E-state index contributed by atoms with van der Waals surface area (Å²) in [5.74, 6) is 0.336. The Bertz CT molecular complexity index is 413. The van der Waals surface area contributed by atoms with Crippen LogP contribution in [0, 0.1) is 5.92 Å². The number of aliphatic carboxylic acids is 1. The normalized spacial score (nSPS) is 23.6. The summed E-state index contributed by atoms with van der Waals surface area (Å²) in [5, 5.41) is 10.1. The maximum Gasteiger partial charge on any atom is 0.348 e. The third-order valence-corrected chi connectivity index (χ3v) is 5.31. The molecule has 3 heteroatoms. The smallest absolute Gasteiger partial charge is 0.348 e. The molecule has 1 aliphatic rings. The second-order valence-electron chi connectivity index (χ2n) is 7.25. The molecule has 3 nitrogen and oxygen atoms in total. The molecular formula is C21H38O3. The van der Waals surface area contributed by atoms with E-state index in [0.29, 0.717) is 6.42 Å². The van der Waals surface area contributed by atoms with Crippen LogP contribution in [0.5, 0.6) is 0 Å². The number of carboxylic acids is 1. The first-order valence-corrected chi connectivity index (χ1v) is 10.2. The van der Waals surface area contributed by atoms with Crippen molar-refractivity contribution in [2.45, 2.75) is 110 Å². The summed E-state index contributed by atoms with van der Waals surface area (Å²) >= 11 is 0. The lowest BCUT2D eigenvalue weighted by atomic mass is 9.75. The van der Waals surface area contributed by atoms with Crippen LogP contribution in [-0.2, 0) is 9.53 Å². The van der Waals surface area contributed by atoms with Crippen LogP contribution in [0.1, 0.15) is 105 Å². The largest absolute Gasteiger partial charge is 0.479 e. The zero-order chi connectivity index (χ0) is 18.0. The van der Waals surface area contributed by atoms with Crippen molar-refractivity contribution in [2.24, 2.45) is 5.92 Å². The Morgan fingerprint density at radius 3 is 2.08 bits per heavy atom. The number of allylic oxidation sites excluding steroid dienone is 1. The van der Waals surface area contributed by atoms with E-state index in [0.717, 1.165) is 76.4 Å². The van der Waals surface area contributed by atoms with E-state index < -0.39 is 11.6 Å². The monoisotopic (exact) mass is 338 g/mol. The zero-order valence-corrected chi connectivity index (χ0v) is 16.3. The van der Waals surface area contributed by atoms with Crippen LogP contribution in [0.25, 0.3) is 0 Å². The third kappa shape index (κ3) is 5.00. The van der Waals surface area contributed by atoms with E-state index in [1.165, 1.54) is 5.57 Å². The number of unbranched alkanes of at least 4 members (excludes halogenated alkanes) is 4. The summed E-state index contributed by atoms with van der Waals surface area (Å²) in [6, 6.07) is 0. The third-order valence-electron chi connectivity index (χ3n) is 5.31. The molecule has 0 aromatic heterocycles. The quantitative estimate of drug-likeness (QED) is 0.418. The Labute approximate surface area is 148 Å². The summed E-state index contributed by atoms with van der Waals surface area (Å²) in [4.78, 5) is 12.3. The Morgan fingerprint density at radius 2 is 1.54 bits per heavy atom. The number of rotatable bonds is 13. The zero-order valence-electron chi connectivity index (χ0n) is 16.3. The van der Waals surface area contributed by atoms with E-state index in [1.807, 2.05) is 0 Å². The van der Waals surface area contributed by atoms with Gasteiger partial charge in [0, 0.05) is 12.3 Å². The number of hydrogen-bond donors (Lipinski definition) is 1. The van der Waals surface area contributed by atoms with Crippen molar-refractivity contribution in [1.29, 1.82) is 0 Å². The van der Waals surface area contributed by atoms with Crippen molar-refractivity contribution in [1.82, 2.24) is 0 Å². The SMILES string of the molecule is CCCCC1=C(CCCC)C(CCCC)C(CCCC)(C(=O)O)O1. The minimum atomic E-state index is -1.00. The molecule has 0 aromatic carbocycles. The lowest BCUT2D eigenvalue weighted by molar-refractivity contribution is -0.164. The molecular weight excluding hydrogens is 300 g/mol. The minimum absolute atomic E-state index is 0.0694. The maximum absolute atomic E-state index is 12.3. The average molecular weight is 339 g/mol. The summed E-state index contributed by atoms with van der Waals surface area (Å²) in [5.41, 5.74) is 0.328. The Hall–Kier alpha value is -0.990. The van der Waals surface area contributed by atoms with Crippen molar-refractivity contribution in [3.05, 3.63) is 11.3 Å². The lowest BCUT2D eigenvalue weighted by Gasteiger charge is -2.32. The molecule has 0 fully saturated rings. The van der Waals surface area contributed by atoms with Gasteiger partial charge in [-0.15, -0.1) is 0 Å². The molecule has 24 heavy (non-hydrogen) atoms. The lowest BCUT2D eigenvalue weighted by Crippen LogP contribution is -2.45. The molecule has 0 spiro atoms. The standard InChI is InChI=1S/C21H38O3/c1-5-9-13-17-18(14-10-6-2)21(20(22)23,16-12-8-4)24-19(17)15-11-7-3/h18H,5-16H2,1-4H3,(H,22,23). The molecule has 1 aliphatic heterocycles. The van der Waals surface area contributed by atoms with E-state index in [4.69, 9.17) is 4.74 Å². The van der Waals surface area contributed by atoms with E-state index >= 15 is 0 Å². The minimum Gasteiger partial charge on any atom is -0.479 e. The number of hydrogen-bond acceptors (Lipinski definition) is 2. The summed E-state index contributed by atoms with van der Waals surface area (Å²) in [6.07, 6.45) is 12.0. The van der Waals surface area contributed by atoms with Gasteiger partial charge in [-0.1, -0.05) is 59.8 Å². The maximum atomic E-state index is 12.3. The van der Waals surface area contributed by atoms with Gasteiger partial charge in [0.1, 0.15) is 0 Å². The van der Waals surface area contributed by atoms with Crippen molar-refractivity contribution < 1.29 is 14.6 Å². The number of carbonyl (C=O) groups is 1. The van der Waals surface area contributed by atoms with E-state index in [-0.39, 0.29) is 5.92 Å². The molecule has 0 bridgehead atoms. The van der Waals surface area contributed by atoms with Crippen molar-refractivity contribution in [2.75, 3.05) is 0 Å². The molecule has 0 radical (unpaired) electrons. The molecule has 0 aliphatic carbocycles. The van der Waals surface area contributed by atoms with Gasteiger partial charge in [-0.25, -0.2) is 4.79 Å². The molecule has 0 saturated heterocycles.